The number of carbonyl (C=O) groups is 2. The molecule has 5 rings (SSSR count). The second kappa shape index (κ2) is 15.0. The molecule has 242 valence electrons. The van der Waals surface area contributed by atoms with E-state index in [2.05, 4.69) is 13.8 Å². The molecule has 3 aromatic carbocycles. The number of amides is 2. The molecule has 1 aliphatic rings. The van der Waals surface area contributed by atoms with Crippen LogP contribution >= 0.6 is 11.6 Å². The van der Waals surface area contributed by atoms with Crippen molar-refractivity contribution in [1.29, 1.82) is 0 Å². The monoisotopic (exact) mass is 642 g/mol. The maximum absolute atomic E-state index is 14.6. The van der Waals surface area contributed by atoms with E-state index < -0.39 is 0 Å². The summed E-state index contributed by atoms with van der Waals surface area (Å²) in [7, 11) is 1.60. The number of hydrogen-bond acceptors (Lipinski definition) is 5. The molecule has 1 N–H and O–H groups in total. The van der Waals surface area contributed by atoms with E-state index >= 15 is 0 Å². The van der Waals surface area contributed by atoms with Crippen molar-refractivity contribution in [3.8, 4) is 22.6 Å². The van der Waals surface area contributed by atoms with Gasteiger partial charge in [-0.25, -0.2) is 4.68 Å². The zero-order valence-corrected chi connectivity index (χ0v) is 27.9. The second-order valence-electron chi connectivity index (χ2n) is 11.9. The Morgan fingerprint density at radius 3 is 2.39 bits per heavy atom. The summed E-state index contributed by atoms with van der Waals surface area (Å²) in [6.45, 7) is 7.69. The third-order valence-corrected chi connectivity index (χ3v) is 8.95. The summed E-state index contributed by atoms with van der Waals surface area (Å²) in [4.78, 5) is 31.9. The number of carbonyl (C=O) groups excluding carboxylic acids is 2. The maximum atomic E-state index is 14.6. The molecule has 0 bridgehead atoms. The van der Waals surface area contributed by atoms with Crippen LogP contribution in [0.1, 0.15) is 77.2 Å². The molecule has 8 nitrogen and oxygen atoms in total. The number of methoxy groups -OCH3 is 1. The maximum Gasteiger partial charge on any atom is 0.274 e. The lowest BCUT2D eigenvalue weighted by Crippen LogP contribution is -2.46. The number of halogens is 1. The van der Waals surface area contributed by atoms with Crippen LogP contribution in [0.3, 0.4) is 0 Å². The van der Waals surface area contributed by atoms with Gasteiger partial charge in [0.1, 0.15) is 5.75 Å². The molecule has 1 atom stereocenters. The van der Waals surface area contributed by atoms with Crippen LogP contribution in [0.4, 0.5) is 0 Å². The fourth-order valence-corrected chi connectivity index (χ4v) is 6.28. The van der Waals surface area contributed by atoms with Crippen LogP contribution in [0.5, 0.6) is 5.75 Å². The minimum Gasteiger partial charge on any atom is -0.496 e. The molecule has 0 fully saturated rings. The molecule has 0 radical (unpaired) electrons. The van der Waals surface area contributed by atoms with E-state index in [4.69, 9.17) is 21.4 Å². The van der Waals surface area contributed by atoms with Crippen LogP contribution in [-0.4, -0.2) is 69.3 Å². The molecule has 46 heavy (non-hydrogen) atoms. The lowest BCUT2D eigenvalue weighted by molar-refractivity contribution is 0.0544. The third-order valence-electron chi connectivity index (χ3n) is 8.71. The SMILES string of the molecule is CCCCN(CCCC)C(=O)c1cc(C)n(-c2ccc(-c3cc(Cl)ccc3OC)cc2C(=O)N2Cc3ccccc3C[C@H]2CO)n1. The van der Waals surface area contributed by atoms with Gasteiger partial charge in [-0.1, -0.05) is 68.6 Å². The van der Waals surface area contributed by atoms with Crippen LogP contribution in [0.25, 0.3) is 16.8 Å². The Balaban J connectivity index is 1.61. The summed E-state index contributed by atoms with van der Waals surface area (Å²) < 4.78 is 7.32. The molecular formula is C37H43ClN4O4. The summed E-state index contributed by atoms with van der Waals surface area (Å²) in [5.74, 6) is 0.282. The van der Waals surface area contributed by atoms with Crippen molar-refractivity contribution in [2.75, 3.05) is 26.8 Å². The van der Waals surface area contributed by atoms with Gasteiger partial charge in [-0.3, -0.25) is 9.59 Å². The van der Waals surface area contributed by atoms with Gasteiger partial charge < -0.3 is 19.6 Å². The molecular weight excluding hydrogens is 600 g/mol. The number of unbranched alkanes of at least 4 members (excludes halogenated alkanes) is 2. The number of ether oxygens (including phenoxy) is 1. The zero-order valence-electron chi connectivity index (χ0n) is 27.1. The number of aromatic nitrogens is 2. The molecule has 2 heterocycles. The molecule has 0 unspecified atom stereocenters. The third kappa shape index (κ3) is 6.98. The predicted octanol–water partition coefficient (Wildman–Crippen LogP) is 7.11. The minimum atomic E-state index is -0.388. The largest absolute Gasteiger partial charge is 0.496 e. The van der Waals surface area contributed by atoms with E-state index in [0.29, 0.717) is 53.8 Å². The molecule has 0 saturated heterocycles. The van der Waals surface area contributed by atoms with Crippen LogP contribution in [-0.2, 0) is 13.0 Å². The van der Waals surface area contributed by atoms with Gasteiger partial charge in [0.2, 0.25) is 0 Å². The lowest BCUT2D eigenvalue weighted by atomic mass is 9.93. The molecule has 9 heteroatoms. The lowest BCUT2D eigenvalue weighted by Gasteiger charge is -2.36. The topological polar surface area (TPSA) is 87.9 Å². The molecule has 1 aromatic heterocycles. The van der Waals surface area contributed by atoms with Gasteiger partial charge in [0.15, 0.2) is 5.69 Å². The molecule has 0 aliphatic carbocycles. The average Bonchev–Trinajstić information content (AvgIpc) is 3.47. The molecule has 4 aromatic rings. The van der Waals surface area contributed by atoms with Gasteiger partial charge in [0, 0.05) is 35.9 Å². The predicted molar refractivity (Wildman–Crippen MR) is 182 cm³/mol. The van der Waals surface area contributed by atoms with Crippen molar-refractivity contribution in [2.45, 2.75) is 65.5 Å². The summed E-state index contributed by atoms with van der Waals surface area (Å²) in [5.41, 5.74) is 5.71. The normalized spacial score (nSPS) is 14.2. The first-order valence-corrected chi connectivity index (χ1v) is 16.5. The Hall–Kier alpha value is -4.14. The number of aryl methyl sites for hydroxylation is 1. The minimum absolute atomic E-state index is 0.107. The average molecular weight is 643 g/mol. The Bertz CT molecular complexity index is 1690. The fourth-order valence-electron chi connectivity index (χ4n) is 6.11. The van der Waals surface area contributed by atoms with Crippen LogP contribution in [0.15, 0.2) is 66.7 Å². The molecule has 1 aliphatic heterocycles. The first-order valence-electron chi connectivity index (χ1n) is 16.1. The highest BCUT2D eigenvalue weighted by molar-refractivity contribution is 6.31. The first kappa shape index (κ1) is 33.2. The van der Waals surface area contributed by atoms with Crippen LogP contribution in [0, 0.1) is 6.92 Å². The van der Waals surface area contributed by atoms with E-state index in [-0.39, 0.29) is 24.5 Å². The van der Waals surface area contributed by atoms with Crippen molar-refractivity contribution in [2.24, 2.45) is 0 Å². The van der Waals surface area contributed by atoms with E-state index in [0.717, 1.165) is 53.6 Å². The highest BCUT2D eigenvalue weighted by Crippen LogP contribution is 2.35. The fraction of sp³-hybridized carbons (Fsp3) is 0.378. The van der Waals surface area contributed by atoms with E-state index in [1.807, 2.05) is 60.4 Å². The Labute approximate surface area is 276 Å². The van der Waals surface area contributed by atoms with E-state index in [9.17, 15) is 14.7 Å². The number of nitrogens with zero attached hydrogens (tertiary/aromatic N) is 4. The highest BCUT2D eigenvalue weighted by atomic mass is 35.5. The van der Waals surface area contributed by atoms with Gasteiger partial charge in [-0.05, 0) is 79.3 Å². The Morgan fingerprint density at radius 2 is 1.72 bits per heavy atom. The molecule has 0 spiro atoms. The van der Waals surface area contributed by atoms with Gasteiger partial charge in [-0.15, -0.1) is 0 Å². The summed E-state index contributed by atoms with van der Waals surface area (Å²) in [5, 5.41) is 15.7. The van der Waals surface area contributed by atoms with Gasteiger partial charge in [0.25, 0.3) is 11.8 Å². The summed E-state index contributed by atoms with van der Waals surface area (Å²) >= 11 is 6.39. The summed E-state index contributed by atoms with van der Waals surface area (Å²) in [6, 6.07) is 20.4. The first-order chi connectivity index (χ1) is 22.3. The van der Waals surface area contributed by atoms with E-state index in [1.54, 1.807) is 34.9 Å². The van der Waals surface area contributed by atoms with Gasteiger partial charge >= 0.3 is 0 Å². The number of benzene rings is 3. The Kier molecular flexibility index (Phi) is 10.8. The number of aliphatic hydroxyl groups is 1. The van der Waals surface area contributed by atoms with Crippen LogP contribution in [0.2, 0.25) is 5.02 Å². The van der Waals surface area contributed by atoms with Crippen molar-refractivity contribution in [3.05, 3.63) is 99.8 Å². The molecule has 2 amide bonds. The number of aliphatic hydroxyl groups excluding tert-OH is 1. The van der Waals surface area contributed by atoms with Crippen molar-refractivity contribution in [1.82, 2.24) is 19.6 Å². The number of hydrogen-bond donors (Lipinski definition) is 1. The second-order valence-corrected chi connectivity index (χ2v) is 12.3. The van der Waals surface area contributed by atoms with Crippen LogP contribution < -0.4 is 4.74 Å². The van der Waals surface area contributed by atoms with Crippen molar-refractivity contribution in [3.63, 3.8) is 0 Å². The van der Waals surface area contributed by atoms with Crippen molar-refractivity contribution >= 4 is 23.4 Å². The number of rotatable bonds is 12. The zero-order chi connectivity index (χ0) is 32.8. The highest BCUT2D eigenvalue weighted by Gasteiger charge is 2.32. The Morgan fingerprint density at radius 1 is 1.00 bits per heavy atom. The van der Waals surface area contributed by atoms with Crippen molar-refractivity contribution < 1.29 is 19.4 Å². The number of fused-ring (bicyclic) bond motifs is 1. The smallest absolute Gasteiger partial charge is 0.274 e. The quantitative estimate of drug-likeness (QED) is 0.178. The van der Waals surface area contributed by atoms with Gasteiger partial charge in [0.05, 0.1) is 31.0 Å². The van der Waals surface area contributed by atoms with Gasteiger partial charge in [-0.2, -0.15) is 5.10 Å². The standard InChI is InChI=1S/C37H43ClN4O4/c1-5-7-17-40(18-8-6-2)37(45)33-19-25(3)42(39-33)34-15-13-27(31-22-29(38)14-16-35(31)46-4)21-32(34)36(44)41-23-28-12-10-9-11-26(28)20-30(41)24-43/h9-16,19,21-22,30,43H,5-8,17-18,20,23-24H2,1-4H3/t30-/m0/s1. The van der Waals surface area contributed by atoms with E-state index in [1.165, 1.54) is 0 Å². The molecule has 0 saturated carbocycles. The summed E-state index contributed by atoms with van der Waals surface area (Å²) in [6.07, 6.45) is 4.39.